The van der Waals surface area contributed by atoms with E-state index in [1.807, 2.05) is 13.0 Å². The fraction of sp³-hybridized carbons (Fsp3) is 0.423. The van der Waals surface area contributed by atoms with Gasteiger partial charge in [0.1, 0.15) is 0 Å². The Balaban J connectivity index is 1.64. The number of carbonyl (C=O) groups excluding carboxylic acids is 1. The number of amides is 1. The first-order valence-corrected chi connectivity index (χ1v) is 11.1. The Kier molecular flexibility index (Phi) is 8.03. The number of nitrogens with one attached hydrogen (secondary N) is 1. The van der Waals surface area contributed by atoms with Gasteiger partial charge in [-0.15, -0.1) is 0 Å². The van der Waals surface area contributed by atoms with Crippen LogP contribution in [0.1, 0.15) is 43.9 Å². The van der Waals surface area contributed by atoms with Gasteiger partial charge in [0.25, 0.3) is 0 Å². The predicted molar refractivity (Wildman–Crippen MR) is 129 cm³/mol. The van der Waals surface area contributed by atoms with Crippen molar-refractivity contribution in [3.8, 4) is 17.2 Å². The summed E-state index contributed by atoms with van der Waals surface area (Å²) < 4.78 is 16.2. The molecule has 0 saturated carbocycles. The van der Waals surface area contributed by atoms with Crippen molar-refractivity contribution in [2.75, 3.05) is 39.3 Å². The number of carbonyl (C=O) groups is 1. The highest BCUT2D eigenvalue weighted by molar-refractivity contribution is 5.92. The third-order valence-corrected chi connectivity index (χ3v) is 5.92. The van der Waals surface area contributed by atoms with Crippen molar-refractivity contribution < 1.29 is 19.0 Å². The van der Waals surface area contributed by atoms with E-state index in [2.05, 4.69) is 41.4 Å². The largest absolute Gasteiger partial charge is 0.493 e. The van der Waals surface area contributed by atoms with Crippen LogP contribution in [0.5, 0.6) is 17.2 Å². The molecular weight excluding hydrogens is 404 g/mol. The summed E-state index contributed by atoms with van der Waals surface area (Å²) in [6, 6.07) is 12.0. The van der Waals surface area contributed by atoms with Crippen molar-refractivity contribution >= 4 is 17.7 Å². The number of methoxy groups -OCH3 is 3. The van der Waals surface area contributed by atoms with Crippen LogP contribution in [-0.4, -0.2) is 40.3 Å². The quantitative estimate of drug-likeness (QED) is 0.598. The molecule has 1 aliphatic heterocycles. The van der Waals surface area contributed by atoms with Crippen LogP contribution in [0, 0.1) is 5.92 Å². The Morgan fingerprint density at radius 1 is 1.06 bits per heavy atom. The van der Waals surface area contributed by atoms with Crippen molar-refractivity contribution in [2.24, 2.45) is 5.92 Å². The maximum atomic E-state index is 12.5. The maximum Gasteiger partial charge on any atom is 0.244 e. The molecule has 6 nitrogen and oxygen atoms in total. The Bertz CT molecular complexity index is 940. The first-order valence-electron chi connectivity index (χ1n) is 11.1. The lowest BCUT2D eigenvalue weighted by Gasteiger charge is -2.33. The van der Waals surface area contributed by atoms with Gasteiger partial charge in [0.15, 0.2) is 11.5 Å². The fourth-order valence-electron chi connectivity index (χ4n) is 4.16. The zero-order valence-corrected chi connectivity index (χ0v) is 19.7. The van der Waals surface area contributed by atoms with Crippen LogP contribution >= 0.6 is 0 Å². The lowest BCUT2D eigenvalue weighted by molar-refractivity contribution is -0.117. The minimum Gasteiger partial charge on any atom is -0.493 e. The zero-order valence-electron chi connectivity index (χ0n) is 19.7. The third-order valence-electron chi connectivity index (χ3n) is 5.92. The van der Waals surface area contributed by atoms with E-state index in [9.17, 15) is 4.79 Å². The number of anilines is 1. The topological polar surface area (TPSA) is 60.0 Å². The van der Waals surface area contributed by atoms with Crippen LogP contribution in [0.3, 0.4) is 0 Å². The molecule has 1 saturated heterocycles. The first kappa shape index (κ1) is 23.5. The summed E-state index contributed by atoms with van der Waals surface area (Å²) in [5.41, 5.74) is 3.05. The number of ether oxygens (including phenoxy) is 3. The Morgan fingerprint density at radius 3 is 2.41 bits per heavy atom. The molecule has 3 rings (SSSR count). The Morgan fingerprint density at radius 2 is 1.78 bits per heavy atom. The van der Waals surface area contributed by atoms with E-state index in [0.29, 0.717) is 17.2 Å². The van der Waals surface area contributed by atoms with Gasteiger partial charge in [0.2, 0.25) is 11.7 Å². The highest BCUT2D eigenvalue weighted by Gasteiger charge is 2.17. The van der Waals surface area contributed by atoms with E-state index in [1.54, 1.807) is 33.5 Å². The van der Waals surface area contributed by atoms with Gasteiger partial charge in [0.05, 0.1) is 27.4 Å². The van der Waals surface area contributed by atoms with Crippen molar-refractivity contribution in [1.29, 1.82) is 0 Å². The van der Waals surface area contributed by atoms with Gasteiger partial charge in [-0.3, -0.25) is 4.79 Å². The van der Waals surface area contributed by atoms with Crippen LogP contribution in [0.4, 0.5) is 5.69 Å². The highest BCUT2D eigenvalue weighted by atomic mass is 16.5. The summed E-state index contributed by atoms with van der Waals surface area (Å²) in [7, 11) is 4.69. The average Bonchev–Trinajstić information content (AvgIpc) is 2.81. The SMILES string of the molecule is COc1ccc(/C=C/C(=O)N[C@@H](C)c2ccc(N3CCC[C@@H](C)C3)cc2)c(OC)c1OC. The summed E-state index contributed by atoms with van der Waals surface area (Å²) in [4.78, 5) is 15.0. The van der Waals surface area contributed by atoms with Gasteiger partial charge in [0, 0.05) is 30.4 Å². The lowest BCUT2D eigenvalue weighted by Crippen LogP contribution is -2.34. The molecule has 2 aromatic carbocycles. The summed E-state index contributed by atoms with van der Waals surface area (Å²) in [6.07, 6.45) is 5.76. The third kappa shape index (κ3) is 5.55. The van der Waals surface area contributed by atoms with Crippen LogP contribution in [-0.2, 0) is 4.79 Å². The molecule has 1 amide bonds. The van der Waals surface area contributed by atoms with Crippen molar-refractivity contribution in [3.63, 3.8) is 0 Å². The normalized spacial score (nSPS) is 17.2. The molecular formula is C26H34N2O4. The van der Waals surface area contributed by atoms with E-state index in [-0.39, 0.29) is 11.9 Å². The molecule has 1 N–H and O–H groups in total. The number of nitrogens with zero attached hydrogens (tertiary/aromatic N) is 1. The number of hydrogen-bond donors (Lipinski definition) is 1. The maximum absolute atomic E-state index is 12.5. The molecule has 2 aromatic rings. The summed E-state index contributed by atoms with van der Waals surface area (Å²) in [5.74, 6) is 2.14. The first-order chi connectivity index (χ1) is 15.5. The summed E-state index contributed by atoms with van der Waals surface area (Å²) in [5, 5.41) is 3.03. The molecule has 0 aliphatic carbocycles. The van der Waals surface area contributed by atoms with E-state index < -0.39 is 0 Å². The second-order valence-corrected chi connectivity index (χ2v) is 8.27. The van der Waals surface area contributed by atoms with Crippen LogP contribution in [0.2, 0.25) is 0 Å². The minimum absolute atomic E-state index is 0.103. The lowest BCUT2D eigenvalue weighted by atomic mass is 9.99. The molecule has 0 aromatic heterocycles. The van der Waals surface area contributed by atoms with Gasteiger partial charge in [-0.1, -0.05) is 19.1 Å². The highest BCUT2D eigenvalue weighted by Crippen LogP contribution is 2.40. The number of piperidine rings is 1. The average molecular weight is 439 g/mol. The van der Waals surface area contributed by atoms with Crippen molar-refractivity contribution in [1.82, 2.24) is 5.32 Å². The smallest absolute Gasteiger partial charge is 0.244 e. The number of hydrogen-bond acceptors (Lipinski definition) is 5. The van der Waals surface area contributed by atoms with E-state index in [0.717, 1.165) is 30.1 Å². The Hall–Kier alpha value is -3.15. The predicted octanol–water partition coefficient (Wildman–Crippen LogP) is 4.84. The monoisotopic (exact) mass is 438 g/mol. The summed E-state index contributed by atoms with van der Waals surface area (Å²) in [6.45, 7) is 6.51. The molecule has 1 aliphatic rings. The molecule has 0 radical (unpaired) electrons. The summed E-state index contributed by atoms with van der Waals surface area (Å²) >= 11 is 0. The molecule has 1 fully saturated rings. The zero-order chi connectivity index (χ0) is 23.1. The number of benzene rings is 2. The van der Waals surface area contributed by atoms with Crippen molar-refractivity contribution in [3.05, 3.63) is 53.6 Å². The molecule has 32 heavy (non-hydrogen) atoms. The van der Waals surface area contributed by atoms with Crippen LogP contribution < -0.4 is 24.4 Å². The Labute approximate surface area is 191 Å². The van der Waals surface area contributed by atoms with Gasteiger partial charge >= 0.3 is 0 Å². The molecule has 1 heterocycles. The van der Waals surface area contributed by atoms with Gasteiger partial charge in [-0.25, -0.2) is 0 Å². The van der Waals surface area contributed by atoms with Gasteiger partial charge < -0.3 is 24.4 Å². The van der Waals surface area contributed by atoms with E-state index >= 15 is 0 Å². The van der Waals surface area contributed by atoms with E-state index in [4.69, 9.17) is 14.2 Å². The molecule has 6 heteroatoms. The minimum atomic E-state index is -0.178. The van der Waals surface area contributed by atoms with Crippen LogP contribution in [0.25, 0.3) is 6.08 Å². The fourth-order valence-corrected chi connectivity index (χ4v) is 4.16. The second kappa shape index (κ2) is 10.9. The van der Waals surface area contributed by atoms with Crippen molar-refractivity contribution in [2.45, 2.75) is 32.7 Å². The van der Waals surface area contributed by atoms with Gasteiger partial charge in [-0.2, -0.15) is 0 Å². The van der Waals surface area contributed by atoms with Gasteiger partial charge in [-0.05, 0) is 61.6 Å². The standard InChI is InChI=1S/C26H34N2O4/c1-18-7-6-16-28(17-18)22-12-8-20(9-13-22)19(2)27-24(29)15-11-21-10-14-23(30-3)26(32-5)25(21)31-4/h8-15,18-19H,6-7,16-17H2,1-5H3,(H,27,29)/b15-11+/t18-,19+/m1/s1. The van der Waals surface area contributed by atoms with E-state index in [1.165, 1.54) is 24.6 Å². The van der Waals surface area contributed by atoms with Crippen LogP contribution in [0.15, 0.2) is 42.5 Å². The molecule has 172 valence electrons. The molecule has 0 unspecified atom stereocenters. The second-order valence-electron chi connectivity index (χ2n) is 8.27. The molecule has 0 bridgehead atoms. The number of rotatable bonds is 8. The molecule has 2 atom stereocenters. The molecule has 0 spiro atoms.